The van der Waals surface area contributed by atoms with E-state index >= 15 is 0 Å². The molecule has 140 valence electrons. The number of rotatable bonds is 7. The molecule has 5 nitrogen and oxygen atoms in total. The summed E-state index contributed by atoms with van der Waals surface area (Å²) in [5.74, 6) is -0.0562. The van der Waals surface area contributed by atoms with Crippen LogP contribution in [0.4, 0.5) is 5.13 Å². The van der Waals surface area contributed by atoms with Crippen molar-refractivity contribution >= 4 is 34.0 Å². The number of nitrogens with zero attached hydrogens (tertiary/aromatic N) is 2. The van der Waals surface area contributed by atoms with Crippen molar-refractivity contribution in [3.05, 3.63) is 39.9 Å². The minimum absolute atomic E-state index is 0.0562. The number of hydrogen-bond donors (Lipinski definition) is 1. The molecule has 1 aliphatic heterocycles. The molecule has 0 spiro atoms. The second-order valence-corrected chi connectivity index (χ2v) is 8.12. The van der Waals surface area contributed by atoms with Crippen LogP contribution in [0.1, 0.15) is 49.6 Å². The lowest BCUT2D eigenvalue weighted by molar-refractivity contribution is -0.125. The van der Waals surface area contributed by atoms with Gasteiger partial charge in [-0.1, -0.05) is 54.8 Å². The number of unbranched alkanes of at least 4 members (excludes halogenated alkanes) is 2. The van der Waals surface area contributed by atoms with E-state index in [4.69, 9.17) is 16.3 Å². The molecular formula is C19H24ClN3O2S. The number of nitrogens with one attached hydrogen (secondary N) is 1. The Bertz CT molecular complexity index is 744. The second-order valence-electron chi connectivity index (χ2n) is 6.62. The predicted molar refractivity (Wildman–Crippen MR) is 105 cm³/mol. The average molecular weight is 394 g/mol. The summed E-state index contributed by atoms with van der Waals surface area (Å²) in [6, 6.07) is 7.55. The molecule has 0 saturated carbocycles. The van der Waals surface area contributed by atoms with Crippen molar-refractivity contribution in [1.82, 2.24) is 10.2 Å². The van der Waals surface area contributed by atoms with Gasteiger partial charge >= 0.3 is 0 Å². The van der Waals surface area contributed by atoms with Crippen molar-refractivity contribution < 1.29 is 9.53 Å². The number of ether oxygens (including phenoxy) is 1. The molecule has 0 bridgehead atoms. The number of amides is 1. The van der Waals surface area contributed by atoms with E-state index in [-0.39, 0.29) is 5.91 Å². The molecule has 2 aromatic rings. The fourth-order valence-corrected chi connectivity index (χ4v) is 4.27. The van der Waals surface area contributed by atoms with E-state index in [2.05, 4.69) is 22.4 Å². The molecule has 26 heavy (non-hydrogen) atoms. The van der Waals surface area contributed by atoms with Gasteiger partial charge in [0.15, 0.2) is 0 Å². The fraction of sp³-hybridized carbons (Fsp3) is 0.526. The Morgan fingerprint density at radius 3 is 2.85 bits per heavy atom. The number of hydrogen-bond acceptors (Lipinski definition) is 5. The van der Waals surface area contributed by atoms with Crippen molar-refractivity contribution in [3.8, 4) is 0 Å². The van der Waals surface area contributed by atoms with Crippen LogP contribution in [-0.4, -0.2) is 29.3 Å². The SMILES string of the molecule is CCCCCc1nnc(NC(=O)C2(c3cccc(Cl)c3)CCOCC2)s1. The summed E-state index contributed by atoms with van der Waals surface area (Å²) in [5.41, 5.74) is 0.287. The molecule has 1 aliphatic rings. The zero-order valence-corrected chi connectivity index (χ0v) is 16.5. The minimum Gasteiger partial charge on any atom is -0.381 e. The molecule has 7 heteroatoms. The molecule has 0 atom stereocenters. The maximum Gasteiger partial charge on any atom is 0.237 e. The molecule has 0 radical (unpaired) electrons. The quantitative estimate of drug-likeness (QED) is 0.697. The van der Waals surface area contributed by atoms with Gasteiger partial charge in [-0.3, -0.25) is 10.1 Å². The lowest BCUT2D eigenvalue weighted by Crippen LogP contribution is -2.44. The third kappa shape index (κ3) is 4.42. The first-order valence-electron chi connectivity index (χ1n) is 9.12. The van der Waals surface area contributed by atoms with Crippen LogP contribution < -0.4 is 5.32 Å². The lowest BCUT2D eigenvalue weighted by Gasteiger charge is -2.36. The maximum absolute atomic E-state index is 13.2. The molecule has 1 fully saturated rings. The molecule has 1 amide bonds. The smallest absolute Gasteiger partial charge is 0.237 e. The molecule has 1 N–H and O–H groups in total. The average Bonchev–Trinajstić information content (AvgIpc) is 3.10. The van der Waals surface area contributed by atoms with Crippen LogP contribution in [0.15, 0.2) is 24.3 Å². The summed E-state index contributed by atoms with van der Waals surface area (Å²) in [7, 11) is 0. The third-order valence-electron chi connectivity index (χ3n) is 4.84. The van der Waals surface area contributed by atoms with E-state index in [9.17, 15) is 4.79 Å². The normalized spacial score (nSPS) is 16.4. The highest BCUT2D eigenvalue weighted by molar-refractivity contribution is 7.15. The minimum atomic E-state index is -0.642. The predicted octanol–water partition coefficient (Wildman–Crippen LogP) is 4.61. The standard InChI is InChI=1S/C19H24ClN3O2S/c1-2-3-4-8-16-22-23-18(26-16)21-17(24)19(9-11-25-12-10-19)14-6-5-7-15(20)13-14/h5-7,13H,2-4,8-12H2,1H3,(H,21,23,24). The van der Waals surface area contributed by atoms with Gasteiger partial charge in [-0.05, 0) is 37.0 Å². The van der Waals surface area contributed by atoms with Crippen molar-refractivity contribution in [2.45, 2.75) is 50.9 Å². The van der Waals surface area contributed by atoms with Gasteiger partial charge in [0, 0.05) is 24.7 Å². The number of carbonyl (C=O) groups excluding carboxylic acids is 1. The van der Waals surface area contributed by atoms with Gasteiger partial charge in [-0.25, -0.2) is 0 Å². The van der Waals surface area contributed by atoms with Crippen molar-refractivity contribution in [2.75, 3.05) is 18.5 Å². The molecule has 0 unspecified atom stereocenters. The van der Waals surface area contributed by atoms with E-state index in [1.807, 2.05) is 24.3 Å². The Labute approximate surface area is 163 Å². The van der Waals surface area contributed by atoms with Crippen LogP contribution in [0.25, 0.3) is 0 Å². The van der Waals surface area contributed by atoms with Gasteiger partial charge in [0.2, 0.25) is 11.0 Å². The van der Waals surface area contributed by atoms with E-state index < -0.39 is 5.41 Å². The van der Waals surface area contributed by atoms with E-state index in [1.165, 1.54) is 24.2 Å². The van der Waals surface area contributed by atoms with Crippen LogP contribution >= 0.6 is 22.9 Å². The first-order chi connectivity index (χ1) is 12.6. The topological polar surface area (TPSA) is 64.1 Å². The van der Waals surface area contributed by atoms with Crippen LogP contribution in [0.3, 0.4) is 0 Å². The van der Waals surface area contributed by atoms with Gasteiger partial charge in [-0.2, -0.15) is 0 Å². The summed E-state index contributed by atoms with van der Waals surface area (Å²) >= 11 is 7.63. The van der Waals surface area contributed by atoms with Gasteiger partial charge in [-0.15, -0.1) is 10.2 Å². The summed E-state index contributed by atoms with van der Waals surface area (Å²) in [6.07, 6.45) is 5.62. The van der Waals surface area contributed by atoms with E-state index in [1.54, 1.807) is 0 Å². The zero-order chi connectivity index (χ0) is 18.4. The molecule has 3 rings (SSSR count). The van der Waals surface area contributed by atoms with Crippen LogP contribution in [0, 0.1) is 0 Å². The van der Waals surface area contributed by atoms with Crippen molar-refractivity contribution in [1.29, 1.82) is 0 Å². The van der Waals surface area contributed by atoms with Crippen molar-refractivity contribution in [2.24, 2.45) is 0 Å². The zero-order valence-electron chi connectivity index (χ0n) is 15.0. The molecule has 2 heterocycles. The fourth-order valence-electron chi connectivity index (χ4n) is 3.30. The highest BCUT2D eigenvalue weighted by Crippen LogP contribution is 2.37. The Kier molecular flexibility index (Phi) is 6.62. The van der Waals surface area contributed by atoms with Gasteiger partial charge in [0.05, 0.1) is 5.41 Å². The number of halogens is 1. The summed E-state index contributed by atoms with van der Waals surface area (Å²) in [5, 5.41) is 13.5. The third-order valence-corrected chi connectivity index (χ3v) is 5.97. The number of carbonyl (C=O) groups is 1. The highest BCUT2D eigenvalue weighted by atomic mass is 35.5. The van der Waals surface area contributed by atoms with Gasteiger partial charge in [0.25, 0.3) is 0 Å². The van der Waals surface area contributed by atoms with E-state index in [0.717, 1.165) is 23.4 Å². The monoisotopic (exact) mass is 393 g/mol. The second kappa shape index (κ2) is 8.93. The van der Waals surface area contributed by atoms with Crippen LogP contribution in [-0.2, 0) is 21.4 Å². The number of aryl methyl sites for hydroxylation is 1. The summed E-state index contributed by atoms with van der Waals surface area (Å²) < 4.78 is 5.50. The van der Waals surface area contributed by atoms with Crippen LogP contribution in [0.5, 0.6) is 0 Å². The van der Waals surface area contributed by atoms with Gasteiger partial charge in [0.1, 0.15) is 5.01 Å². The number of benzene rings is 1. The van der Waals surface area contributed by atoms with Gasteiger partial charge < -0.3 is 4.74 Å². The largest absolute Gasteiger partial charge is 0.381 e. The Morgan fingerprint density at radius 1 is 1.31 bits per heavy atom. The molecule has 1 aromatic carbocycles. The van der Waals surface area contributed by atoms with Crippen LogP contribution in [0.2, 0.25) is 5.02 Å². The number of anilines is 1. The van der Waals surface area contributed by atoms with Crippen molar-refractivity contribution in [3.63, 3.8) is 0 Å². The Balaban J connectivity index is 1.76. The Morgan fingerprint density at radius 2 is 2.12 bits per heavy atom. The molecule has 1 saturated heterocycles. The first kappa shape index (κ1) is 19.3. The molecular weight excluding hydrogens is 370 g/mol. The molecule has 1 aromatic heterocycles. The summed E-state index contributed by atoms with van der Waals surface area (Å²) in [4.78, 5) is 13.2. The lowest BCUT2D eigenvalue weighted by atomic mass is 9.73. The maximum atomic E-state index is 13.2. The highest BCUT2D eigenvalue weighted by Gasteiger charge is 2.42. The summed E-state index contributed by atoms with van der Waals surface area (Å²) in [6.45, 7) is 3.28. The number of aromatic nitrogens is 2. The Hall–Kier alpha value is -1.50. The first-order valence-corrected chi connectivity index (χ1v) is 10.3. The van der Waals surface area contributed by atoms with E-state index in [0.29, 0.717) is 36.2 Å². The molecule has 0 aliphatic carbocycles.